The zero-order valence-corrected chi connectivity index (χ0v) is 10.7. The van der Waals surface area contributed by atoms with Crippen LogP contribution < -0.4 is 5.32 Å². The van der Waals surface area contributed by atoms with Crippen LogP contribution in [-0.4, -0.2) is 17.5 Å². The molecule has 0 bridgehead atoms. The molecule has 1 fully saturated rings. The number of nitrogens with one attached hydrogen (secondary N) is 1. The highest BCUT2D eigenvalue weighted by Gasteiger charge is 2.35. The normalized spacial score (nSPS) is 17.8. The first-order valence-corrected chi connectivity index (χ1v) is 7.07. The molecule has 0 radical (unpaired) electrons. The van der Waals surface area contributed by atoms with Crippen molar-refractivity contribution in [3.63, 3.8) is 0 Å². The fourth-order valence-corrected chi connectivity index (χ4v) is 3.05. The average molecular weight is 257 g/mol. The maximum atomic E-state index is 13.0. The lowest BCUT2D eigenvalue weighted by molar-refractivity contribution is 0.345. The first-order chi connectivity index (χ1) is 8.15. The van der Waals surface area contributed by atoms with E-state index in [9.17, 15) is 8.78 Å². The zero-order chi connectivity index (χ0) is 12.3. The Morgan fingerprint density at radius 2 is 2.06 bits per heavy atom. The second-order valence-corrected chi connectivity index (χ2v) is 5.87. The van der Waals surface area contributed by atoms with Crippen LogP contribution in [0.1, 0.15) is 24.8 Å². The molecular formula is C13H17F2NS. The molecule has 0 saturated heterocycles. The van der Waals surface area contributed by atoms with Crippen molar-refractivity contribution in [2.45, 2.75) is 30.6 Å². The van der Waals surface area contributed by atoms with E-state index < -0.39 is 11.6 Å². The van der Waals surface area contributed by atoms with Gasteiger partial charge in [0.1, 0.15) is 0 Å². The van der Waals surface area contributed by atoms with Gasteiger partial charge in [0.2, 0.25) is 0 Å². The Hall–Kier alpha value is -0.610. The maximum Gasteiger partial charge on any atom is 0.159 e. The molecule has 0 spiro atoms. The van der Waals surface area contributed by atoms with Crippen molar-refractivity contribution < 1.29 is 8.78 Å². The van der Waals surface area contributed by atoms with Gasteiger partial charge in [0, 0.05) is 17.8 Å². The number of halogens is 2. The van der Waals surface area contributed by atoms with Crippen molar-refractivity contribution in [3.05, 3.63) is 35.4 Å². The molecule has 1 aromatic rings. The van der Waals surface area contributed by atoms with Crippen molar-refractivity contribution in [1.29, 1.82) is 0 Å². The van der Waals surface area contributed by atoms with E-state index in [0.717, 1.165) is 12.1 Å². The molecule has 0 unspecified atom stereocenters. The SMILES string of the molecule is CSC1(CNCc2ccc(F)c(F)c2)CCC1. The molecule has 1 nitrogen and oxygen atoms in total. The van der Waals surface area contributed by atoms with Gasteiger partial charge in [0.05, 0.1) is 0 Å². The Morgan fingerprint density at radius 1 is 1.29 bits per heavy atom. The molecule has 1 aliphatic rings. The quantitative estimate of drug-likeness (QED) is 0.868. The van der Waals surface area contributed by atoms with Crippen molar-refractivity contribution in [2.24, 2.45) is 0 Å². The summed E-state index contributed by atoms with van der Waals surface area (Å²) in [6, 6.07) is 4.06. The molecular weight excluding hydrogens is 240 g/mol. The Labute approximate surface area is 105 Å². The molecule has 2 rings (SSSR count). The highest BCUT2D eigenvalue weighted by atomic mass is 32.2. The van der Waals surface area contributed by atoms with Crippen LogP contribution in [0.15, 0.2) is 18.2 Å². The number of benzene rings is 1. The van der Waals surface area contributed by atoms with Gasteiger partial charge in [-0.05, 0) is 36.8 Å². The second-order valence-electron chi connectivity index (χ2n) is 4.59. The van der Waals surface area contributed by atoms with Gasteiger partial charge in [-0.2, -0.15) is 11.8 Å². The summed E-state index contributed by atoms with van der Waals surface area (Å²) in [6.45, 7) is 1.53. The minimum absolute atomic E-state index is 0.374. The highest BCUT2D eigenvalue weighted by Crippen LogP contribution is 2.42. The van der Waals surface area contributed by atoms with Crippen LogP contribution in [0, 0.1) is 11.6 Å². The summed E-state index contributed by atoms with van der Waals surface area (Å²) in [5.41, 5.74) is 0.791. The lowest BCUT2D eigenvalue weighted by atomic mass is 9.84. The van der Waals surface area contributed by atoms with Crippen LogP contribution in [0.5, 0.6) is 0 Å². The van der Waals surface area contributed by atoms with E-state index in [1.807, 2.05) is 11.8 Å². The van der Waals surface area contributed by atoms with Crippen molar-refractivity contribution in [1.82, 2.24) is 5.32 Å². The summed E-state index contributed by atoms with van der Waals surface area (Å²) in [4.78, 5) is 0. The average Bonchev–Trinajstić information content (AvgIpc) is 2.27. The van der Waals surface area contributed by atoms with Crippen LogP contribution >= 0.6 is 11.8 Å². The number of rotatable bonds is 5. The molecule has 0 atom stereocenters. The monoisotopic (exact) mass is 257 g/mol. The van der Waals surface area contributed by atoms with E-state index in [1.165, 1.54) is 31.4 Å². The molecule has 0 heterocycles. The van der Waals surface area contributed by atoms with Crippen molar-refractivity contribution in [2.75, 3.05) is 12.8 Å². The smallest absolute Gasteiger partial charge is 0.159 e. The number of thioether (sulfide) groups is 1. The van der Waals surface area contributed by atoms with E-state index in [4.69, 9.17) is 0 Å². The summed E-state index contributed by atoms with van der Waals surface area (Å²) in [5, 5.41) is 3.33. The lowest BCUT2D eigenvalue weighted by Gasteiger charge is -2.40. The summed E-state index contributed by atoms with van der Waals surface area (Å²) in [7, 11) is 0. The predicted octanol–water partition coefficient (Wildman–Crippen LogP) is 3.34. The van der Waals surface area contributed by atoms with Crippen LogP contribution in [0.4, 0.5) is 8.78 Å². The lowest BCUT2D eigenvalue weighted by Crippen LogP contribution is -2.43. The Morgan fingerprint density at radius 3 is 2.59 bits per heavy atom. The molecule has 1 aromatic carbocycles. The van der Waals surface area contributed by atoms with Crippen LogP contribution in [0.2, 0.25) is 0 Å². The first kappa shape index (κ1) is 12.8. The Kier molecular flexibility index (Phi) is 4.05. The van der Waals surface area contributed by atoms with Gasteiger partial charge < -0.3 is 5.32 Å². The van der Waals surface area contributed by atoms with E-state index >= 15 is 0 Å². The third kappa shape index (κ3) is 2.99. The third-order valence-electron chi connectivity index (χ3n) is 3.46. The van der Waals surface area contributed by atoms with E-state index in [1.54, 1.807) is 6.07 Å². The Balaban J connectivity index is 1.83. The minimum Gasteiger partial charge on any atom is -0.311 e. The zero-order valence-electron chi connectivity index (χ0n) is 9.93. The molecule has 0 aromatic heterocycles. The fraction of sp³-hybridized carbons (Fsp3) is 0.538. The summed E-state index contributed by atoms with van der Waals surface area (Å²) in [5.74, 6) is -1.55. The van der Waals surface area contributed by atoms with Crippen LogP contribution in [-0.2, 0) is 6.54 Å². The topological polar surface area (TPSA) is 12.0 Å². The molecule has 94 valence electrons. The summed E-state index contributed by atoms with van der Waals surface area (Å²) >= 11 is 1.90. The van der Waals surface area contributed by atoms with E-state index in [2.05, 4.69) is 11.6 Å². The second kappa shape index (κ2) is 5.36. The molecule has 17 heavy (non-hydrogen) atoms. The molecule has 1 N–H and O–H groups in total. The van der Waals surface area contributed by atoms with E-state index in [-0.39, 0.29) is 0 Å². The minimum atomic E-state index is -0.784. The van der Waals surface area contributed by atoms with Gasteiger partial charge in [0.25, 0.3) is 0 Å². The van der Waals surface area contributed by atoms with Gasteiger partial charge >= 0.3 is 0 Å². The first-order valence-electron chi connectivity index (χ1n) is 5.85. The van der Waals surface area contributed by atoms with Crippen molar-refractivity contribution in [3.8, 4) is 0 Å². The summed E-state index contributed by atoms with van der Waals surface area (Å²) in [6.07, 6.45) is 5.93. The largest absolute Gasteiger partial charge is 0.311 e. The van der Waals surface area contributed by atoms with Crippen LogP contribution in [0.25, 0.3) is 0 Å². The Bertz CT molecular complexity index is 385. The highest BCUT2D eigenvalue weighted by molar-refractivity contribution is 8.00. The number of hydrogen-bond acceptors (Lipinski definition) is 2. The van der Waals surface area contributed by atoms with Gasteiger partial charge in [-0.25, -0.2) is 8.78 Å². The third-order valence-corrected chi connectivity index (χ3v) is 4.88. The van der Waals surface area contributed by atoms with Gasteiger partial charge in [-0.1, -0.05) is 12.5 Å². The molecule has 0 aliphatic heterocycles. The standard InChI is InChI=1S/C13H17F2NS/c1-17-13(5-2-6-13)9-16-8-10-3-4-11(14)12(15)7-10/h3-4,7,16H,2,5-6,8-9H2,1H3. The number of hydrogen-bond donors (Lipinski definition) is 1. The van der Waals surface area contributed by atoms with Gasteiger partial charge in [-0.3, -0.25) is 0 Å². The predicted molar refractivity (Wildman–Crippen MR) is 68.2 cm³/mol. The molecule has 4 heteroatoms. The molecule has 1 saturated carbocycles. The van der Waals surface area contributed by atoms with Crippen molar-refractivity contribution >= 4 is 11.8 Å². The fourth-order valence-electron chi connectivity index (χ4n) is 2.11. The van der Waals surface area contributed by atoms with Gasteiger partial charge in [0.15, 0.2) is 11.6 Å². The summed E-state index contributed by atoms with van der Waals surface area (Å²) < 4.78 is 26.1. The molecule has 0 amide bonds. The van der Waals surface area contributed by atoms with Crippen LogP contribution in [0.3, 0.4) is 0 Å². The maximum absolute atomic E-state index is 13.0. The van der Waals surface area contributed by atoms with Gasteiger partial charge in [-0.15, -0.1) is 0 Å². The van der Waals surface area contributed by atoms with E-state index in [0.29, 0.717) is 11.3 Å². The molecule has 1 aliphatic carbocycles.